The van der Waals surface area contributed by atoms with Crippen molar-refractivity contribution in [1.29, 1.82) is 0 Å². The molecule has 3 nitrogen and oxygen atoms in total. The Hall–Kier alpha value is -0.950. The molecule has 3 heteroatoms. The van der Waals surface area contributed by atoms with Crippen LogP contribution in [0.3, 0.4) is 0 Å². The second-order valence-electron chi connectivity index (χ2n) is 5.50. The van der Waals surface area contributed by atoms with Crippen LogP contribution in [0.15, 0.2) is 4.99 Å². The van der Waals surface area contributed by atoms with Gasteiger partial charge in [0, 0.05) is 5.92 Å². The van der Waals surface area contributed by atoms with Crippen LogP contribution in [-0.2, 0) is 9.59 Å². The van der Waals surface area contributed by atoms with E-state index in [1.165, 1.54) is 38.2 Å². The molecule has 0 saturated heterocycles. The van der Waals surface area contributed by atoms with Crippen LogP contribution >= 0.6 is 0 Å². The largest absolute Gasteiger partial charge is 0.271 e. The number of carbonyl (C=O) groups is 1. The molecule has 4 saturated carbocycles. The van der Waals surface area contributed by atoms with E-state index < -0.39 is 0 Å². The third-order valence-electron chi connectivity index (χ3n) is 4.67. The van der Waals surface area contributed by atoms with Gasteiger partial charge in [-0.2, -0.15) is 0 Å². The van der Waals surface area contributed by atoms with E-state index in [9.17, 15) is 9.59 Å². The van der Waals surface area contributed by atoms with Gasteiger partial charge in [-0.25, -0.2) is 4.79 Å². The van der Waals surface area contributed by atoms with Crippen molar-refractivity contribution >= 4 is 12.0 Å². The van der Waals surface area contributed by atoms with E-state index in [0.717, 1.165) is 11.8 Å². The van der Waals surface area contributed by atoms with E-state index in [4.69, 9.17) is 0 Å². The molecule has 0 aromatic rings. The molecule has 4 aliphatic carbocycles. The number of carbonyl (C=O) groups excluding carboxylic acids is 2. The Labute approximate surface area is 89.0 Å². The van der Waals surface area contributed by atoms with Crippen LogP contribution in [-0.4, -0.2) is 12.0 Å². The van der Waals surface area contributed by atoms with Crippen molar-refractivity contribution in [2.75, 3.05) is 0 Å². The van der Waals surface area contributed by atoms with Crippen molar-refractivity contribution in [2.45, 2.75) is 32.1 Å². The fraction of sp³-hybridized carbons (Fsp3) is 0.833. The minimum atomic E-state index is -0.196. The lowest BCUT2D eigenvalue weighted by Gasteiger charge is -2.53. The molecule has 0 atom stereocenters. The van der Waals surface area contributed by atoms with E-state index in [1.54, 1.807) is 0 Å². The lowest BCUT2D eigenvalue weighted by atomic mass is 9.52. The van der Waals surface area contributed by atoms with Crippen molar-refractivity contribution in [1.82, 2.24) is 0 Å². The summed E-state index contributed by atoms with van der Waals surface area (Å²) >= 11 is 0. The quantitative estimate of drug-likeness (QED) is 0.485. The summed E-state index contributed by atoms with van der Waals surface area (Å²) in [6.07, 6.45) is 7.55. The predicted molar refractivity (Wildman–Crippen MR) is 53.7 cm³/mol. The highest BCUT2D eigenvalue weighted by Gasteiger charge is 2.50. The Morgan fingerprint density at radius 1 is 1.00 bits per heavy atom. The SMILES string of the molecule is O=C=NC(=O)C1C2CC3CC(C2)CC1C3. The van der Waals surface area contributed by atoms with Crippen molar-refractivity contribution < 1.29 is 9.59 Å². The summed E-state index contributed by atoms with van der Waals surface area (Å²) in [5.74, 6) is 2.61. The van der Waals surface area contributed by atoms with Crippen molar-refractivity contribution in [3.63, 3.8) is 0 Å². The first kappa shape index (κ1) is 9.29. The summed E-state index contributed by atoms with van der Waals surface area (Å²) in [7, 11) is 0. The van der Waals surface area contributed by atoms with Gasteiger partial charge in [0.25, 0.3) is 5.91 Å². The van der Waals surface area contributed by atoms with Crippen molar-refractivity contribution in [2.24, 2.45) is 34.6 Å². The summed E-state index contributed by atoms with van der Waals surface area (Å²) in [5.41, 5.74) is 0. The summed E-state index contributed by atoms with van der Waals surface area (Å²) in [4.78, 5) is 25.2. The molecule has 15 heavy (non-hydrogen) atoms. The number of amides is 1. The van der Waals surface area contributed by atoms with Gasteiger partial charge < -0.3 is 0 Å². The Kier molecular flexibility index (Phi) is 2.03. The van der Waals surface area contributed by atoms with Gasteiger partial charge in [-0.05, 0) is 55.8 Å². The summed E-state index contributed by atoms with van der Waals surface area (Å²) in [6, 6.07) is 0. The highest BCUT2D eigenvalue weighted by molar-refractivity contribution is 5.84. The maximum atomic E-state index is 11.7. The van der Waals surface area contributed by atoms with Crippen molar-refractivity contribution in [3.05, 3.63) is 0 Å². The van der Waals surface area contributed by atoms with Gasteiger partial charge in [0.05, 0.1) is 0 Å². The molecular formula is C12H15NO2. The molecule has 4 rings (SSSR count). The second kappa shape index (κ2) is 3.28. The topological polar surface area (TPSA) is 46.5 Å². The molecule has 0 aromatic carbocycles. The molecular weight excluding hydrogens is 190 g/mol. The molecule has 0 radical (unpaired) electrons. The van der Waals surface area contributed by atoms with Crippen LogP contribution in [0.25, 0.3) is 0 Å². The Morgan fingerprint density at radius 2 is 1.53 bits per heavy atom. The number of rotatable bonds is 1. The Balaban J connectivity index is 1.85. The summed E-state index contributed by atoms with van der Waals surface area (Å²) in [6.45, 7) is 0. The Morgan fingerprint density at radius 3 is 2.00 bits per heavy atom. The van der Waals surface area contributed by atoms with E-state index in [-0.39, 0.29) is 11.8 Å². The van der Waals surface area contributed by atoms with Crippen LogP contribution in [0.2, 0.25) is 0 Å². The number of aliphatic imine (C=N–C) groups is 1. The fourth-order valence-corrected chi connectivity index (χ4v) is 4.45. The minimum Gasteiger partial charge on any atom is -0.271 e. The molecule has 0 aromatic heterocycles. The van der Waals surface area contributed by atoms with E-state index in [1.807, 2.05) is 0 Å². The average molecular weight is 205 g/mol. The molecule has 1 amide bonds. The molecule has 4 aliphatic rings. The third-order valence-corrected chi connectivity index (χ3v) is 4.67. The zero-order valence-electron chi connectivity index (χ0n) is 8.69. The Bertz CT molecular complexity index is 316. The van der Waals surface area contributed by atoms with E-state index >= 15 is 0 Å². The highest BCUT2D eigenvalue weighted by atomic mass is 16.2. The predicted octanol–water partition coefficient (Wildman–Crippen LogP) is 1.92. The van der Waals surface area contributed by atoms with Gasteiger partial charge in [-0.3, -0.25) is 4.79 Å². The molecule has 0 aliphatic heterocycles. The third kappa shape index (κ3) is 1.37. The molecule has 80 valence electrons. The van der Waals surface area contributed by atoms with Gasteiger partial charge in [-0.15, -0.1) is 4.99 Å². The summed E-state index contributed by atoms with van der Waals surface area (Å²) in [5, 5.41) is 0. The molecule has 4 bridgehead atoms. The smallest absolute Gasteiger partial charge is 0.260 e. The monoisotopic (exact) mass is 205 g/mol. The van der Waals surface area contributed by atoms with Gasteiger partial charge in [0.1, 0.15) is 0 Å². The first-order valence-electron chi connectivity index (χ1n) is 5.89. The first-order valence-corrected chi connectivity index (χ1v) is 5.89. The minimum absolute atomic E-state index is 0.0549. The van der Waals surface area contributed by atoms with Gasteiger partial charge in [0.2, 0.25) is 6.08 Å². The van der Waals surface area contributed by atoms with E-state index in [0.29, 0.717) is 11.8 Å². The lowest BCUT2D eigenvalue weighted by molar-refractivity contribution is -0.134. The highest BCUT2D eigenvalue weighted by Crippen LogP contribution is 2.56. The maximum Gasteiger partial charge on any atom is 0.260 e. The number of isocyanates is 1. The van der Waals surface area contributed by atoms with Gasteiger partial charge >= 0.3 is 0 Å². The van der Waals surface area contributed by atoms with Gasteiger partial charge in [0.15, 0.2) is 0 Å². The van der Waals surface area contributed by atoms with Crippen LogP contribution in [0.5, 0.6) is 0 Å². The number of hydrogen-bond donors (Lipinski definition) is 0. The summed E-state index contributed by atoms with van der Waals surface area (Å²) < 4.78 is 0. The number of hydrogen-bond acceptors (Lipinski definition) is 2. The van der Waals surface area contributed by atoms with E-state index in [2.05, 4.69) is 4.99 Å². The number of nitrogens with zero attached hydrogens (tertiary/aromatic N) is 1. The normalized spacial score (nSPS) is 46.3. The lowest BCUT2D eigenvalue weighted by Crippen LogP contribution is -2.47. The van der Waals surface area contributed by atoms with Crippen LogP contribution < -0.4 is 0 Å². The van der Waals surface area contributed by atoms with Crippen LogP contribution in [0, 0.1) is 29.6 Å². The zero-order chi connectivity index (χ0) is 10.4. The molecule has 0 heterocycles. The average Bonchev–Trinajstić information content (AvgIpc) is 2.15. The molecule has 0 spiro atoms. The standard InChI is InChI=1S/C12H15NO2/c14-6-13-12(15)11-9-2-7-1-8(4-9)5-10(11)3-7/h7-11H,1-5H2. The maximum absolute atomic E-state index is 11.7. The molecule has 4 fully saturated rings. The second-order valence-corrected chi connectivity index (χ2v) is 5.50. The zero-order valence-corrected chi connectivity index (χ0v) is 8.69. The van der Waals surface area contributed by atoms with Crippen LogP contribution in [0.4, 0.5) is 0 Å². The van der Waals surface area contributed by atoms with Crippen molar-refractivity contribution in [3.8, 4) is 0 Å². The molecule has 0 unspecified atom stereocenters. The fourth-order valence-electron chi connectivity index (χ4n) is 4.45. The van der Waals surface area contributed by atoms with Gasteiger partial charge in [-0.1, -0.05) is 0 Å². The molecule has 0 N–H and O–H groups in total. The first-order chi connectivity index (χ1) is 7.28. The van der Waals surface area contributed by atoms with Crippen LogP contribution in [0.1, 0.15) is 32.1 Å².